The molecule has 1 nitrogen and oxygen atoms in total. The standard InChI is InChI=1S/C10H17N/c1-3-4-7-10(2)8-5-6-9-11/h7H,3-6,8H2,1-2H3/b10-7+. The SMILES string of the molecule is CCC/C=C(\C)CCCC#N. The molecule has 0 aliphatic heterocycles. The van der Waals surface area contributed by atoms with Gasteiger partial charge < -0.3 is 0 Å². The minimum Gasteiger partial charge on any atom is -0.198 e. The summed E-state index contributed by atoms with van der Waals surface area (Å²) in [7, 11) is 0. The van der Waals surface area contributed by atoms with Gasteiger partial charge in [0.25, 0.3) is 0 Å². The fourth-order valence-corrected chi connectivity index (χ4v) is 0.939. The van der Waals surface area contributed by atoms with Crippen molar-refractivity contribution in [3.05, 3.63) is 11.6 Å². The van der Waals surface area contributed by atoms with Crippen LogP contribution in [0.2, 0.25) is 0 Å². The first-order chi connectivity index (χ1) is 5.31. The van der Waals surface area contributed by atoms with E-state index in [1.807, 2.05) is 0 Å². The fraction of sp³-hybridized carbons (Fsp3) is 0.700. The van der Waals surface area contributed by atoms with E-state index in [1.54, 1.807) is 0 Å². The zero-order valence-electron chi connectivity index (χ0n) is 7.56. The number of hydrogen-bond donors (Lipinski definition) is 0. The third-order valence-corrected chi connectivity index (χ3v) is 1.64. The van der Waals surface area contributed by atoms with Gasteiger partial charge in [-0.25, -0.2) is 0 Å². The van der Waals surface area contributed by atoms with Crippen LogP contribution in [0.4, 0.5) is 0 Å². The van der Waals surface area contributed by atoms with Crippen LogP contribution in [0, 0.1) is 11.3 Å². The topological polar surface area (TPSA) is 23.8 Å². The molecule has 0 amide bonds. The highest BCUT2D eigenvalue weighted by Crippen LogP contribution is 2.07. The molecule has 0 aromatic carbocycles. The molecule has 0 N–H and O–H groups in total. The van der Waals surface area contributed by atoms with Gasteiger partial charge in [-0.15, -0.1) is 0 Å². The van der Waals surface area contributed by atoms with Crippen LogP contribution in [0.1, 0.15) is 46.0 Å². The summed E-state index contributed by atoms with van der Waals surface area (Å²) in [4.78, 5) is 0. The number of rotatable bonds is 5. The molecule has 0 radical (unpaired) electrons. The Hall–Kier alpha value is -0.770. The Morgan fingerprint density at radius 2 is 2.27 bits per heavy atom. The van der Waals surface area contributed by atoms with E-state index in [1.165, 1.54) is 18.4 Å². The Balaban J connectivity index is 3.36. The lowest BCUT2D eigenvalue weighted by Gasteiger charge is -1.96. The molecule has 0 heterocycles. The molecule has 0 aliphatic carbocycles. The highest BCUT2D eigenvalue weighted by molar-refractivity contribution is 4.97. The molecular weight excluding hydrogens is 134 g/mol. The Bertz CT molecular complexity index is 151. The number of nitriles is 1. The van der Waals surface area contributed by atoms with Crippen LogP contribution in [0.15, 0.2) is 11.6 Å². The smallest absolute Gasteiger partial charge is 0.0621 e. The first-order valence-electron chi connectivity index (χ1n) is 4.33. The van der Waals surface area contributed by atoms with E-state index in [0.29, 0.717) is 6.42 Å². The maximum absolute atomic E-state index is 8.29. The third-order valence-electron chi connectivity index (χ3n) is 1.64. The van der Waals surface area contributed by atoms with Crippen molar-refractivity contribution in [2.75, 3.05) is 0 Å². The normalized spacial score (nSPS) is 11.2. The molecule has 0 unspecified atom stereocenters. The quantitative estimate of drug-likeness (QED) is 0.436. The van der Waals surface area contributed by atoms with Crippen molar-refractivity contribution >= 4 is 0 Å². The summed E-state index contributed by atoms with van der Waals surface area (Å²) in [6, 6.07) is 2.15. The molecule has 0 aromatic heterocycles. The first-order valence-corrected chi connectivity index (χ1v) is 4.33. The molecule has 11 heavy (non-hydrogen) atoms. The molecule has 1 heteroatoms. The number of hydrogen-bond acceptors (Lipinski definition) is 1. The zero-order valence-corrected chi connectivity index (χ0v) is 7.56. The van der Waals surface area contributed by atoms with Crippen molar-refractivity contribution < 1.29 is 0 Å². The highest BCUT2D eigenvalue weighted by Gasteiger charge is 1.88. The maximum Gasteiger partial charge on any atom is 0.0621 e. The van der Waals surface area contributed by atoms with Crippen LogP contribution < -0.4 is 0 Å². The van der Waals surface area contributed by atoms with Gasteiger partial charge in [-0.05, 0) is 26.2 Å². The van der Waals surface area contributed by atoms with Gasteiger partial charge in [-0.3, -0.25) is 0 Å². The van der Waals surface area contributed by atoms with Crippen molar-refractivity contribution in [3.8, 4) is 6.07 Å². The lowest BCUT2D eigenvalue weighted by molar-refractivity contribution is 0.827. The predicted octanol–water partition coefficient (Wildman–Crippen LogP) is 3.43. The Labute approximate surface area is 69.7 Å². The van der Waals surface area contributed by atoms with Crippen LogP contribution in [0.3, 0.4) is 0 Å². The van der Waals surface area contributed by atoms with Crippen molar-refractivity contribution in [1.82, 2.24) is 0 Å². The molecule has 0 saturated heterocycles. The maximum atomic E-state index is 8.29. The van der Waals surface area contributed by atoms with Crippen LogP contribution in [0.5, 0.6) is 0 Å². The average molecular weight is 151 g/mol. The summed E-state index contributed by atoms with van der Waals surface area (Å²) >= 11 is 0. The molecule has 0 atom stereocenters. The average Bonchev–Trinajstić information content (AvgIpc) is 2.01. The molecule has 0 saturated carbocycles. The van der Waals surface area contributed by atoms with Crippen LogP contribution in [-0.4, -0.2) is 0 Å². The van der Waals surface area contributed by atoms with Gasteiger partial charge in [0.2, 0.25) is 0 Å². The van der Waals surface area contributed by atoms with Gasteiger partial charge in [0.05, 0.1) is 6.07 Å². The van der Waals surface area contributed by atoms with E-state index in [2.05, 4.69) is 26.0 Å². The van der Waals surface area contributed by atoms with Gasteiger partial charge in [0.15, 0.2) is 0 Å². The van der Waals surface area contributed by atoms with E-state index in [-0.39, 0.29) is 0 Å². The molecule has 0 rings (SSSR count). The lowest BCUT2D eigenvalue weighted by atomic mass is 10.1. The molecule has 0 bridgehead atoms. The first kappa shape index (κ1) is 10.2. The third kappa shape index (κ3) is 7.12. The van der Waals surface area contributed by atoms with E-state index in [0.717, 1.165) is 12.8 Å². The largest absolute Gasteiger partial charge is 0.198 e. The van der Waals surface area contributed by atoms with E-state index < -0.39 is 0 Å². The van der Waals surface area contributed by atoms with Crippen molar-refractivity contribution in [1.29, 1.82) is 5.26 Å². The van der Waals surface area contributed by atoms with Gasteiger partial charge >= 0.3 is 0 Å². The minimum absolute atomic E-state index is 0.692. The summed E-state index contributed by atoms with van der Waals surface area (Å²) in [5.74, 6) is 0. The second-order valence-electron chi connectivity index (χ2n) is 2.85. The molecular formula is C10H17N. The van der Waals surface area contributed by atoms with Crippen LogP contribution in [-0.2, 0) is 0 Å². The van der Waals surface area contributed by atoms with E-state index in [9.17, 15) is 0 Å². The Kier molecular flexibility index (Phi) is 6.82. The summed E-state index contributed by atoms with van der Waals surface area (Å²) in [6.07, 6.45) is 7.47. The van der Waals surface area contributed by atoms with Gasteiger partial charge in [-0.2, -0.15) is 5.26 Å². The summed E-state index contributed by atoms with van der Waals surface area (Å²) in [6.45, 7) is 4.33. The van der Waals surface area contributed by atoms with Gasteiger partial charge in [0, 0.05) is 6.42 Å². The van der Waals surface area contributed by atoms with E-state index in [4.69, 9.17) is 5.26 Å². The number of allylic oxidation sites excluding steroid dienone is 2. The zero-order chi connectivity index (χ0) is 8.53. The predicted molar refractivity (Wildman–Crippen MR) is 48.1 cm³/mol. The van der Waals surface area contributed by atoms with Crippen molar-refractivity contribution in [2.24, 2.45) is 0 Å². The van der Waals surface area contributed by atoms with Crippen LogP contribution >= 0.6 is 0 Å². The Morgan fingerprint density at radius 3 is 2.82 bits per heavy atom. The van der Waals surface area contributed by atoms with Crippen molar-refractivity contribution in [3.63, 3.8) is 0 Å². The summed E-state index contributed by atoms with van der Waals surface area (Å²) < 4.78 is 0. The molecule has 0 aliphatic rings. The van der Waals surface area contributed by atoms with Gasteiger partial charge in [-0.1, -0.05) is 25.0 Å². The summed E-state index contributed by atoms with van der Waals surface area (Å²) in [5.41, 5.74) is 1.43. The molecule has 0 spiro atoms. The Morgan fingerprint density at radius 1 is 1.55 bits per heavy atom. The molecule has 0 fully saturated rings. The monoisotopic (exact) mass is 151 g/mol. The summed E-state index contributed by atoms with van der Waals surface area (Å²) in [5, 5.41) is 8.29. The van der Waals surface area contributed by atoms with Crippen molar-refractivity contribution in [2.45, 2.75) is 46.0 Å². The molecule has 0 aromatic rings. The second-order valence-corrected chi connectivity index (χ2v) is 2.85. The van der Waals surface area contributed by atoms with Crippen LogP contribution in [0.25, 0.3) is 0 Å². The fourth-order valence-electron chi connectivity index (χ4n) is 0.939. The molecule has 62 valence electrons. The minimum atomic E-state index is 0.692. The van der Waals surface area contributed by atoms with E-state index >= 15 is 0 Å². The highest BCUT2D eigenvalue weighted by atomic mass is 14.2. The second kappa shape index (κ2) is 7.34. The number of unbranched alkanes of at least 4 members (excludes halogenated alkanes) is 2. The lowest BCUT2D eigenvalue weighted by Crippen LogP contribution is -1.77. The van der Waals surface area contributed by atoms with Gasteiger partial charge in [0.1, 0.15) is 0 Å². The number of nitrogens with zero attached hydrogens (tertiary/aromatic N) is 1.